The Labute approximate surface area is 113 Å². The van der Waals surface area contributed by atoms with Crippen LogP contribution in [0.1, 0.15) is 5.69 Å². The van der Waals surface area contributed by atoms with Gasteiger partial charge in [0.25, 0.3) is 0 Å². The van der Waals surface area contributed by atoms with E-state index in [9.17, 15) is 0 Å². The summed E-state index contributed by atoms with van der Waals surface area (Å²) in [6, 6.07) is 9.59. The van der Waals surface area contributed by atoms with Gasteiger partial charge in [0, 0.05) is 31.5 Å². The zero-order valence-electron chi connectivity index (χ0n) is 11.6. The molecule has 0 amide bonds. The highest BCUT2D eigenvalue weighted by atomic mass is 16.5. The minimum Gasteiger partial charge on any atom is -0.497 e. The zero-order chi connectivity index (χ0) is 13.8. The molecule has 0 unspecified atom stereocenters. The molecule has 0 aliphatic rings. The lowest BCUT2D eigenvalue weighted by atomic mass is 10.3. The average molecular weight is 258 g/mol. The van der Waals surface area contributed by atoms with Gasteiger partial charge in [0.1, 0.15) is 11.6 Å². The van der Waals surface area contributed by atoms with Gasteiger partial charge in [0.05, 0.1) is 7.11 Å². The molecule has 0 aliphatic heterocycles. The molecule has 100 valence electrons. The number of rotatable bonds is 4. The summed E-state index contributed by atoms with van der Waals surface area (Å²) >= 11 is 0. The van der Waals surface area contributed by atoms with Crippen molar-refractivity contribution in [3.8, 4) is 5.75 Å². The van der Waals surface area contributed by atoms with Crippen LogP contribution in [0.5, 0.6) is 5.75 Å². The molecule has 0 aliphatic carbocycles. The topological polar surface area (TPSA) is 50.3 Å². The molecule has 1 heterocycles. The normalized spacial score (nSPS) is 10.1. The molecule has 2 aromatic rings. The zero-order valence-corrected chi connectivity index (χ0v) is 11.6. The van der Waals surface area contributed by atoms with Crippen LogP contribution in [0.4, 0.5) is 17.5 Å². The summed E-state index contributed by atoms with van der Waals surface area (Å²) < 4.78 is 5.12. The van der Waals surface area contributed by atoms with Gasteiger partial charge in [-0.1, -0.05) is 0 Å². The van der Waals surface area contributed by atoms with Crippen molar-refractivity contribution in [3.63, 3.8) is 0 Å². The molecule has 1 N–H and O–H groups in total. The number of methoxy groups -OCH3 is 1. The van der Waals surface area contributed by atoms with Gasteiger partial charge in [-0.2, -0.15) is 4.98 Å². The van der Waals surface area contributed by atoms with Gasteiger partial charge in [-0.25, -0.2) is 4.98 Å². The van der Waals surface area contributed by atoms with Crippen LogP contribution in [0.15, 0.2) is 30.3 Å². The van der Waals surface area contributed by atoms with Crippen LogP contribution in [-0.2, 0) is 0 Å². The minimum absolute atomic E-state index is 0.592. The highest BCUT2D eigenvalue weighted by Crippen LogP contribution is 2.19. The van der Waals surface area contributed by atoms with Gasteiger partial charge in [0.15, 0.2) is 0 Å². The summed E-state index contributed by atoms with van der Waals surface area (Å²) in [6.45, 7) is 1.95. The largest absolute Gasteiger partial charge is 0.497 e. The van der Waals surface area contributed by atoms with Gasteiger partial charge in [-0.3, -0.25) is 0 Å². The molecule has 0 bridgehead atoms. The second-order valence-corrected chi connectivity index (χ2v) is 4.44. The summed E-state index contributed by atoms with van der Waals surface area (Å²) in [5, 5.41) is 3.19. The number of anilines is 3. The van der Waals surface area contributed by atoms with Crippen LogP contribution in [0.25, 0.3) is 0 Å². The summed E-state index contributed by atoms with van der Waals surface area (Å²) in [6.07, 6.45) is 0. The van der Waals surface area contributed by atoms with E-state index < -0.39 is 0 Å². The molecule has 0 saturated heterocycles. The number of ether oxygens (including phenoxy) is 1. The van der Waals surface area contributed by atoms with Crippen molar-refractivity contribution >= 4 is 17.5 Å². The third kappa shape index (κ3) is 3.34. The third-order valence-corrected chi connectivity index (χ3v) is 2.65. The maximum absolute atomic E-state index is 5.12. The van der Waals surface area contributed by atoms with Crippen molar-refractivity contribution in [1.29, 1.82) is 0 Å². The van der Waals surface area contributed by atoms with Gasteiger partial charge < -0.3 is 15.0 Å². The molecule has 0 atom stereocenters. The summed E-state index contributed by atoms with van der Waals surface area (Å²) in [4.78, 5) is 10.8. The lowest BCUT2D eigenvalue weighted by Gasteiger charge is -2.13. The predicted octanol–water partition coefficient (Wildman–Crippen LogP) is 2.60. The standard InChI is InChI=1S/C14H18N4O/c1-10-9-13(18(2)3)17-14(15-10)16-11-5-7-12(19-4)8-6-11/h5-9H,1-4H3,(H,15,16,17). The van der Waals surface area contributed by atoms with E-state index in [4.69, 9.17) is 4.74 Å². The van der Waals surface area contributed by atoms with E-state index in [1.165, 1.54) is 0 Å². The number of hydrogen-bond acceptors (Lipinski definition) is 5. The third-order valence-electron chi connectivity index (χ3n) is 2.65. The van der Waals surface area contributed by atoms with E-state index in [2.05, 4.69) is 15.3 Å². The number of hydrogen-bond donors (Lipinski definition) is 1. The highest BCUT2D eigenvalue weighted by Gasteiger charge is 2.04. The van der Waals surface area contributed by atoms with Gasteiger partial charge in [-0.15, -0.1) is 0 Å². The van der Waals surface area contributed by atoms with Crippen LogP contribution in [0.3, 0.4) is 0 Å². The van der Waals surface area contributed by atoms with E-state index in [0.717, 1.165) is 22.9 Å². The Balaban J connectivity index is 2.22. The van der Waals surface area contributed by atoms with Crippen LogP contribution < -0.4 is 15.0 Å². The molecule has 1 aromatic carbocycles. The SMILES string of the molecule is COc1ccc(Nc2nc(C)cc(N(C)C)n2)cc1. The molecule has 0 saturated carbocycles. The Morgan fingerprint density at radius 1 is 1.11 bits per heavy atom. The second kappa shape index (κ2) is 5.56. The average Bonchev–Trinajstić information content (AvgIpc) is 2.39. The van der Waals surface area contributed by atoms with E-state index in [-0.39, 0.29) is 0 Å². The number of nitrogens with one attached hydrogen (secondary N) is 1. The summed E-state index contributed by atoms with van der Waals surface area (Å²) in [5.74, 6) is 2.29. The Hall–Kier alpha value is -2.30. The summed E-state index contributed by atoms with van der Waals surface area (Å²) in [5.41, 5.74) is 1.85. The van der Waals surface area contributed by atoms with Crippen molar-refractivity contribution in [3.05, 3.63) is 36.0 Å². The number of aromatic nitrogens is 2. The Morgan fingerprint density at radius 2 is 1.79 bits per heavy atom. The van der Waals surface area contributed by atoms with Gasteiger partial charge in [0.2, 0.25) is 5.95 Å². The van der Waals surface area contributed by atoms with Crippen molar-refractivity contribution in [2.45, 2.75) is 6.92 Å². The smallest absolute Gasteiger partial charge is 0.229 e. The van der Waals surface area contributed by atoms with Gasteiger partial charge >= 0.3 is 0 Å². The first-order valence-corrected chi connectivity index (χ1v) is 6.02. The number of nitrogens with zero attached hydrogens (tertiary/aromatic N) is 3. The second-order valence-electron chi connectivity index (χ2n) is 4.44. The summed E-state index contributed by atoms with van der Waals surface area (Å²) in [7, 11) is 5.56. The molecule has 0 spiro atoms. The fraction of sp³-hybridized carbons (Fsp3) is 0.286. The Bertz CT molecular complexity index is 552. The van der Waals surface area contributed by atoms with Crippen LogP contribution in [0.2, 0.25) is 0 Å². The van der Waals surface area contributed by atoms with E-state index in [1.807, 2.05) is 56.3 Å². The molecule has 0 radical (unpaired) electrons. The first-order chi connectivity index (χ1) is 9.08. The molecule has 5 heteroatoms. The molecule has 5 nitrogen and oxygen atoms in total. The number of aryl methyl sites for hydroxylation is 1. The fourth-order valence-electron chi connectivity index (χ4n) is 1.64. The minimum atomic E-state index is 0.592. The van der Waals surface area contributed by atoms with E-state index >= 15 is 0 Å². The van der Waals surface area contributed by atoms with Crippen LogP contribution >= 0.6 is 0 Å². The highest BCUT2D eigenvalue weighted by molar-refractivity contribution is 5.56. The van der Waals surface area contributed by atoms with Crippen molar-refractivity contribution in [2.24, 2.45) is 0 Å². The Kier molecular flexibility index (Phi) is 3.85. The van der Waals surface area contributed by atoms with Crippen molar-refractivity contribution in [1.82, 2.24) is 9.97 Å². The molecular formula is C14H18N4O. The van der Waals surface area contributed by atoms with Crippen LogP contribution in [0, 0.1) is 6.92 Å². The first kappa shape index (κ1) is 13.1. The maximum atomic E-state index is 5.12. The molecular weight excluding hydrogens is 240 g/mol. The molecule has 1 aromatic heterocycles. The van der Waals surface area contributed by atoms with Crippen molar-refractivity contribution in [2.75, 3.05) is 31.4 Å². The quantitative estimate of drug-likeness (QED) is 0.913. The molecule has 19 heavy (non-hydrogen) atoms. The number of benzene rings is 1. The van der Waals surface area contributed by atoms with E-state index in [0.29, 0.717) is 5.95 Å². The van der Waals surface area contributed by atoms with Crippen molar-refractivity contribution < 1.29 is 4.74 Å². The maximum Gasteiger partial charge on any atom is 0.229 e. The van der Waals surface area contributed by atoms with E-state index in [1.54, 1.807) is 7.11 Å². The molecule has 2 rings (SSSR count). The Morgan fingerprint density at radius 3 is 2.37 bits per heavy atom. The lowest BCUT2D eigenvalue weighted by Crippen LogP contribution is -2.12. The fourth-order valence-corrected chi connectivity index (χ4v) is 1.64. The van der Waals surface area contributed by atoms with Crippen LogP contribution in [-0.4, -0.2) is 31.2 Å². The predicted molar refractivity (Wildman–Crippen MR) is 77.4 cm³/mol. The van der Waals surface area contributed by atoms with Gasteiger partial charge in [-0.05, 0) is 31.2 Å². The monoisotopic (exact) mass is 258 g/mol. The molecule has 0 fully saturated rings. The first-order valence-electron chi connectivity index (χ1n) is 6.02. The lowest BCUT2D eigenvalue weighted by molar-refractivity contribution is 0.415.